The van der Waals surface area contributed by atoms with Gasteiger partial charge in [0, 0.05) is 6.54 Å². The van der Waals surface area contributed by atoms with Crippen molar-refractivity contribution in [1.82, 2.24) is 4.90 Å². The number of carbonyl (C=O) groups excluding carboxylic acids is 1. The van der Waals surface area contributed by atoms with Crippen molar-refractivity contribution in [2.75, 3.05) is 20.5 Å². The van der Waals surface area contributed by atoms with Crippen LogP contribution in [-0.4, -0.2) is 31.3 Å². The van der Waals surface area contributed by atoms with Crippen molar-refractivity contribution in [2.24, 2.45) is 0 Å². The molecule has 9 heteroatoms. The predicted octanol–water partition coefficient (Wildman–Crippen LogP) is 4.81. The number of methoxy groups -OCH3 is 1. The number of hydrogen-bond acceptors (Lipinski definition) is 7. The van der Waals surface area contributed by atoms with E-state index in [9.17, 15) is 14.0 Å². The molecule has 1 aromatic heterocycles. The highest BCUT2D eigenvalue weighted by Gasteiger charge is 2.43. The van der Waals surface area contributed by atoms with Crippen molar-refractivity contribution in [3.05, 3.63) is 93.1 Å². The van der Waals surface area contributed by atoms with Gasteiger partial charge in [0.1, 0.15) is 11.4 Å². The second-order valence-corrected chi connectivity index (χ2v) is 8.68. The minimum atomic E-state index is -0.804. The van der Waals surface area contributed by atoms with E-state index in [0.29, 0.717) is 35.2 Å². The number of fused-ring (bicyclic) bond motifs is 3. The average Bonchev–Trinajstić information content (AvgIpc) is 3.48. The number of amides is 1. The van der Waals surface area contributed by atoms with Crippen molar-refractivity contribution in [3.8, 4) is 23.0 Å². The SMILES string of the molecule is CCOc1ccc([C@H]2c3c(oc4ccc(F)cc4c3=O)C(=O)N2Cc2ccc3c(c2)OCO3)cc1OC. The Hall–Kier alpha value is -4.53. The maximum Gasteiger partial charge on any atom is 0.291 e. The van der Waals surface area contributed by atoms with E-state index in [1.54, 1.807) is 35.2 Å². The van der Waals surface area contributed by atoms with E-state index in [1.807, 2.05) is 13.0 Å². The molecule has 3 heterocycles. The Morgan fingerprint density at radius 2 is 1.84 bits per heavy atom. The summed E-state index contributed by atoms with van der Waals surface area (Å²) in [6.07, 6.45) is 0. The first-order chi connectivity index (χ1) is 18.0. The lowest BCUT2D eigenvalue weighted by Gasteiger charge is -2.26. The number of rotatable bonds is 6. The Kier molecular flexibility index (Phi) is 5.48. The highest BCUT2D eigenvalue weighted by atomic mass is 19.1. The van der Waals surface area contributed by atoms with Crippen molar-refractivity contribution in [3.63, 3.8) is 0 Å². The van der Waals surface area contributed by atoms with E-state index in [2.05, 4.69) is 0 Å². The van der Waals surface area contributed by atoms with Crippen LogP contribution in [-0.2, 0) is 6.54 Å². The zero-order valence-corrected chi connectivity index (χ0v) is 20.1. The summed E-state index contributed by atoms with van der Waals surface area (Å²) >= 11 is 0. The molecule has 3 aromatic carbocycles. The molecule has 0 radical (unpaired) electrons. The molecule has 37 heavy (non-hydrogen) atoms. The molecule has 0 unspecified atom stereocenters. The molecule has 0 aliphatic carbocycles. The second-order valence-electron chi connectivity index (χ2n) is 8.68. The highest BCUT2D eigenvalue weighted by molar-refractivity contribution is 5.99. The fraction of sp³-hybridized carbons (Fsp3) is 0.214. The Balaban J connectivity index is 1.52. The lowest BCUT2D eigenvalue weighted by atomic mass is 9.97. The molecule has 6 rings (SSSR count). The van der Waals surface area contributed by atoms with Gasteiger partial charge in [-0.3, -0.25) is 9.59 Å². The first-order valence-electron chi connectivity index (χ1n) is 11.7. The summed E-state index contributed by atoms with van der Waals surface area (Å²) in [7, 11) is 1.52. The van der Waals surface area contributed by atoms with Crippen LogP contribution in [0.25, 0.3) is 11.0 Å². The summed E-state index contributed by atoms with van der Waals surface area (Å²) in [6.45, 7) is 2.59. The van der Waals surface area contributed by atoms with E-state index in [0.717, 1.165) is 11.6 Å². The van der Waals surface area contributed by atoms with Crippen LogP contribution in [0.3, 0.4) is 0 Å². The van der Waals surface area contributed by atoms with Crippen LogP contribution in [0.5, 0.6) is 23.0 Å². The smallest absolute Gasteiger partial charge is 0.291 e. The quantitative estimate of drug-likeness (QED) is 0.373. The summed E-state index contributed by atoms with van der Waals surface area (Å²) in [4.78, 5) is 28.9. The maximum absolute atomic E-state index is 14.0. The molecule has 188 valence electrons. The van der Waals surface area contributed by atoms with Crippen molar-refractivity contribution < 1.29 is 32.5 Å². The van der Waals surface area contributed by atoms with Gasteiger partial charge in [0.05, 0.1) is 30.7 Å². The zero-order chi connectivity index (χ0) is 25.7. The third-order valence-corrected chi connectivity index (χ3v) is 6.52. The summed E-state index contributed by atoms with van der Waals surface area (Å²) in [5.74, 6) is 1.11. The molecule has 8 nitrogen and oxygen atoms in total. The largest absolute Gasteiger partial charge is 0.493 e. The third-order valence-electron chi connectivity index (χ3n) is 6.52. The first-order valence-corrected chi connectivity index (χ1v) is 11.7. The summed E-state index contributed by atoms with van der Waals surface area (Å²) in [6, 6.07) is 13.5. The van der Waals surface area contributed by atoms with Crippen LogP contribution in [0.4, 0.5) is 4.39 Å². The van der Waals surface area contributed by atoms with E-state index >= 15 is 0 Å². The number of halogens is 1. The lowest BCUT2D eigenvalue weighted by molar-refractivity contribution is 0.0714. The minimum Gasteiger partial charge on any atom is -0.493 e. The van der Waals surface area contributed by atoms with Gasteiger partial charge in [-0.05, 0) is 60.5 Å². The van der Waals surface area contributed by atoms with Gasteiger partial charge in [-0.25, -0.2) is 4.39 Å². The molecule has 0 spiro atoms. The summed E-state index contributed by atoms with van der Waals surface area (Å²) < 4.78 is 42.0. The van der Waals surface area contributed by atoms with Crippen molar-refractivity contribution in [2.45, 2.75) is 19.5 Å². The maximum atomic E-state index is 14.0. The minimum absolute atomic E-state index is 0.0669. The van der Waals surface area contributed by atoms with Gasteiger partial charge in [0.25, 0.3) is 5.91 Å². The molecule has 1 atom stereocenters. The van der Waals surface area contributed by atoms with Crippen LogP contribution in [0, 0.1) is 5.82 Å². The monoisotopic (exact) mass is 503 g/mol. The van der Waals surface area contributed by atoms with Crippen LogP contribution >= 0.6 is 0 Å². The van der Waals surface area contributed by atoms with Crippen molar-refractivity contribution >= 4 is 16.9 Å². The van der Waals surface area contributed by atoms with Gasteiger partial charge in [-0.2, -0.15) is 0 Å². The van der Waals surface area contributed by atoms with E-state index in [1.165, 1.54) is 19.2 Å². The number of hydrogen-bond donors (Lipinski definition) is 0. The Bertz CT molecular complexity index is 1610. The zero-order valence-electron chi connectivity index (χ0n) is 20.1. The Morgan fingerprint density at radius 1 is 1.00 bits per heavy atom. The van der Waals surface area contributed by atoms with E-state index < -0.39 is 23.2 Å². The number of carbonyl (C=O) groups is 1. The molecular formula is C28H22FNO7. The van der Waals surface area contributed by atoms with Gasteiger partial charge in [0.2, 0.25) is 12.6 Å². The number of benzene rings is 3. The number of ether oxygens (including phenoxy) is 4. The second kappa shape index (κ2) is 8.85. The van der Waals surface area contributed by atoms with Gasteiger partial charge in [-0.1, -0.05) is 12.1 Å². The topological polar surface area (TPSA) is 87.4 Å². The van der Waals surface area contributed by atoms with E-state index in [-0.39, 0.29) is 35.6 Å². The molecule has 2 aliphatic heterocycles. The van der Waals surface area contributed by atoms with Crippen LogP contribution in [0.15, 0.2) is 63.8 Å². The molecule has 2 aliphatic rings. The van der Waals surface area contributed by atoms with E-state index in [4.69, 9.17) is 23.4 Å². The lowest BCUT2D eigenvalue weighted by Crippen LogP contribution is -2.29. The van der Waals surface area contributed by atoms with Gasteiger partial charge >= 0.3 is 0 Å². The normalized spacial score (nSPS) is 15.8. The molecule has 1 amide bonds. The van der Waals surface area contributed by atoms with Gasteiger partial charge < -0.3 is 28.3 Å². The molecular weight excluding hydrogens is 481 g/mol. The van der Waals surface area contributed by atoms with Gasteiger partial charge in [0.15, 0.2) is 28.4 Å². The fourth-order valence-corrected chi connectivity index (χ4v) is 4.87. The fourth-order valence-electron chi connectivity index (χ4n) is 4.87. The Morgan fingerprint density at radius 3 is 2.65 bits per heavy atom. The first kappa shape index (κ1) is 22.9. The average molecular weight is 503 g/mol. The van der Waals surface area contributed by atoms with Crippen LogP contribution in [0.1, 0.15) is 40.2 Å². The summed E-state index contributed by atoms with van der Waals surface area (Å²) in [5, 5.41) is 0.0689. The molecule has 0 fully saturated rings. The highest BCUT2D eigenvalue weighted by Crippen LogP contribution is 2.42. The van der Waals surface area contributed by atoms with Crippen LogP contribution < -0.4 is 24.4 Å². The van der Waals surface area contributed by atoms with Gasteiger partial charge in [-0.15, -0.1) is 0 Å². The standard InChI is InChI=1S/C28H22FNO7/c1-3-34-20-8-5-16(11-22(20)33-2)25-24-26(31)18-12-17(29)6-9-19(18)37-27(24)28(32)30(25)13-15-4-7-21-23(10-15)36-14-35-21/h4-12,25H,3,13-14H2,1-2H3/t25-/m0/s1. The number of nitrogens with zero attached hydrogens (tertiary/aromatic N) is 1. The molecule has 0 saturated carbocycles. The third kappa shape index (κ3) is 3.74. The molecule has 0 bridgehead atoms. The van der Waals surface area contributed by atoms with Crippen molar-refractivity contribution in [1.29, 1.82) is 0 Å². The molecule has 0 N–H and O–H groups in total. The summed E-state index contributed by atoms with van der Waals surface area (Å²) in [5.41, 5.74) is 1.23. The predicted molar refractivity (Wildman–Crippen MR) is 131 cm³/mol. The molecule has 4 aromatic rings. The molecule has 0 saturated heterocycles. The van der Waals surface area contributed by atoms with Crippen LogP contribution in [0.2, 0.25) is 0 Å². The Labute approximate surface area is 210 Å².